The minimum absolute atomic E-state index is 0.0594. The number of phenols is 1. The highest BCUT2D eigenvalue weighted by molar-refractivity contribution is 6.00. The Labute approximate surface area is 241 Å². The Morgan fingerprint density at radius 1 is 1.10 bits per heavy atom. The van der Waals surface area contributed by atoms with Crippen LogP contribution in [-0.2, 0) is 0 Å². The van der Waals surface area contributed by atoms with Gasteiger partial charge in [-0.15, -0.1) is 0 Å². The SMILES string of the molecule is COc1nc(N2CCCC(O)C2)c2c(=O)oc(-c3cc(O)cc4cccc(F)c34)c(C)c2n1.FC1CC2CCCN2C1. The molecule has 0 radical (unpaired) electrons. The maximum absolute atomic E-state index is 14.8. The number of anilines is 1. The molecule has 3 unspecified atom stereocenters. The van der Waals surface area contributed by atoms with Crippen molar-refractivity contribution in [2.24, 2.45) is 0 Å². The number of aliphatic hydroxyl groups is 1. The molecular weight excluding hydrogens is 546 g/mol. The molecule has 11 heteroatoms. The van der Waals surface area contributed by atoms with Gasteiger partial charge < -0.3 is 24.3 Å². The van der Waals surface area contributed by atoms with Crippen LogP contribution in [0.2, 0.25) is 0 Å². The standard InChI is InChI=1S/C24H22FN3O5.C7H12FN/c1-12-20-19(22(27-24(26-20)32-2)28-8-4-6-14(29)11-28)23(31)33-21(12)16-10-15(30)9-13-5-3-7-17(25)18(13)16;8-6-4-7-2-1-3-9(7)5-6/h3,5,7,9-10,14,29-30H,4,6,8,11H2,1-2H3;6-7H,1-5H2. The molecule has 2 N–H and O–H groups in total. The first kappa shape index (κ1) is 28.3. The number of β-amino-alcohol motifs (C(OH)–C–C–N with tert-alkyl or cyclic N) is 1. The number of methoxy groups -OCH3 is 1. The van der Waals surface area contributed by atoms with E-state index in [0.717, 1.165) is 19.4 Å². The quantitative estimate of drug-likeness (QED) is 0.356. The molecule has 222 valence electrons. The predicted molar refractivity (Wildman–Crippen MR) is 155 cm³/mol. The number of phenolic OH excluding ortho intramolecular Hbond substituents is 1. The Kier molecular flexibility index (Phi) is 7.71. The van der Waals surface area contributed by atoms with E-state index in [1.54, 1.807) is 19.1 Å². The summed E-state index contributed by atoms with van der Waals surface area (Å²) in [5.41, 5.74) is 0.318. The molecule has 0 amide bonds. The highest BCUT2D eigenvalue weighted by Gasteiger charge is 2.34. The monoisotopic (exact) mass is 580 g/mol. The Morgan fingerprint density at radius 3 is 2.67 bits per heavy atom. The molecule has 3 saturated heterocycles. The van der Waals surface area contributed by atoms with Crippen LogP contribution in [0.4, 0.5) is 14.6 Å². The lowest BCUT2D eigenvalue weighted by molar-refractivity contribution is 0.154. The first-order valence-corrected chi connectivity index (χ1v) is 14.4. The molecule has 3 aliphatic rings. The molecule has 2 aromatic carbocycles. The summed E-state index contributed by atoms with van der Waals surface area (Å²) < 4.78 is 38.4. The maximum atomic E-state index is 14.8. The zero-order chi connectivity index (χ0) is 29.5. The molecule has 7 rings (SSSR count). The fourth-order valence-electron chi connectivity index (χ4n) is 6.51. The average Bonchev–Trinajstić information content (AvgIpc) is 3.55. The molecule has 3 atom stereocenters. The summed E-state index contributed by atoms with van der Waals surface area (Å²) >= 11 is 0. The van der Waals surface area contributed by atoms with Crippen molar-refractivity contribution >= 4 is 27.5 Å². The van der Waals surface area contributed by atoms with Gasteiger partial charge in [0.05, 0.1) is 18.7 Å². The minimum atomic E-state index is -0.698. The number of ether oxygens (including phenoxy) is 1. The second-order valence-electron chi connectivity index (χ2n) is 11.3. The molecule has 9 nitrogen and oxygen atoms in total. The van der Waals surface area contributed by atoms with Crippen LogP contribution in [0.5, 0.6) is 11.8 Å². The fourth-order valence-corrected chi connectivity index (χ4v) is 6.51. The van der Waals surface area contributed by atoms with E-state index in [0.29, 0.717) is 54.4 Å². The summed E-state index contributed by atoms with van der Waals surface area (Å²) in [5, 5.41) is 21.2. The van der Waals surface area contributed by atoms with Crippen LogP contribution in [-0.4, -0.2) is 76.7 Å². The summed E-state index contributed by atoms with van der Waals surface area (Å²) in [5.74, 6) is -0.170. The molecular formula is C31H34F2N4O5. The number of aliphatic hydroxyl groups excluding tert-OH is 1. The molecule has 0 spiro atoms. The van der Waals surface area contributed by atoms with Crippen molar-refractivity contribution in [2.75, 3.05) is 38.2 Å². The van der Waals surface area contributed by atoms with Crippen LogP contribution in [0.1, 0.15) is 37.7 Å². The second kappa shape index (κ2) is 11.4. The van der Waals surface area contributed by atoms with Gasteiger partial charge in [-0.1, -0.05) is 12.1 Å². The Balaban J connectivity index is 0.000000296. The number of aryl methyl sites for hydroxylation is 1. The van der Waals surface area contributed by atoms with Gasteiger partial charge in [0.1, 0.15) is 28.9 Å². The van der Waals surface area contributed by atoms with Crippen molar-refractivity contribution < 1.29 is 28.1 Å². The summed E-state index contributed by atoms with van der Waals surface area (Å²) in [6.07, 6.45) is 3.69. The van der Waals surface area contributed by atoms with Gasteiger partial charge in [0.25, 0.3) is 0 Å². The number of hydrogen-bond acceptors (Lipinski definition) is 9. The highest BCUT2D eigenvalue weighted by Crippen LogP contribution is 2.38. The van der Waals surface area contributed by atoms with E-state index < -0.39 is 23.7 Å². The Bertz CT molecular complexity index is 1680. The first-order valence-electron chi connectivity index (χ1n) is 14.4. The predicted octanol–water partition coefficient (Wildman–Crippen LogP) is 4.72. The molecule has 0 bridgehead atoms. The zero-order valence-corrected chi connectivity index (χ0v) is 23.6. The van der Waals surface area contributed by atoms with Crippen molar-refractivity contribution in [3.8, 4) is 23.1 Å². The van der Waals surface area contributed by atoms with E-state index >= 15 is 0 Å². The number of aromatic hydroxyl groups is 1. The number of piperidine rings is 1. The Morgan fingerprint density at radius 2 is 1.90 bits per heavy atom. The molecule has 5 heterocycles. The fraction of sp³-hybridized carbons (Fsp3) is 0.452. The third-order valence-electron chi connectivity index (χ3n) is 8.46. The van der Waals surface area contributed by atoms with Crippen molar-refractivity contribution in [1.29, 1.82) is 0 Å². The number of benzene rings is 2. The number of alkyl halides is 1. The maximum Gasteiger partial charge on any atom is 0.349 e. The van der Waals surface area contributed by atoms with E-state index in [9.17, 15) is 23.8 Å². The molecule has 0 aliphatic carbocycles. The van der Waals surface area contributed by atoms with Gasteiger partial charge in [0, 0.05) is 42.2 Å². The van der Waals surface area contributed by atoms with Gasteiger partial charge in [-0.3, -0.25) is 4.90 Å². The van der Waals surface area contributed by atoms with Crippen molar-refractivity contribution in [3.05, 3.63) is 52.1 Å². The lowest BCUT2D eigenvalue weighted by Crippen LogP contribution is -2.39. The number of hydrogen-bond donors (Lipinski definition) is 2. The molecule has 3 fully saturated rings. The van der Waals surface area contributed by atoms with Crippen LogP contribution >= 0.6 is 0 Å². The van der Waals surface area contributed by atoms with Crippen molar-refractivity contribution in [2.45, 2.75) is 57.3 Å². The smallest absolute Gasteiger partial charge is 0.349 e. The first-order chi connectivity index (χ1) is 20.2. The van der Waals surface area contributed by atoms with E-state index in [-0.39, 0.29) is 33.9 Å². The normalized spacial score (nSPS) is 22.3. The number of halogens is 2. The molecule has 4 aromatic rings. The van der Waals surface area contributed by atoms with Gasteiger partial charge in [-0.25, -0.2) is 13.6 Å². The number of aromatic nitrogens is 2. The zero-order valence-electron chi connectivity index (χ0n) is 23.6. The third kappa shape index (κ3) is 5.27. The van der Waals surface area contributed by atoms with Gasteiger partial charge in [0.15, 0.2) is 5.82 Å². The van der Waals surface area contributed by atoms with Crippen LogP contribution in [0.15, 0.2) is 39.5 Å². The summed E-state index contributed by atoms with van der Waals surface area (Å²) in [7, 11) is 1.43. The summed E-state index contributed by atoms with van der Waals surface area (Å²) in [4.78, 5) is 26.1. The number of nitrogens with zero attached hydrogens (tertiary/aromatic N) is 4. The van der Waals surface area contributed by atoms with Crippen LogP contribution in [0.25, 0.3) is 33.0 Å². The van der Waals surface area contributed by atoms with E-state index in [1.165, 1.54) is 38.2 Å². The van der Waals surface area contributed by atoms with E-state index in [2.05, 4.69) is 14.9 Å². The van der Waals surface area contributed by atoms with Gasteiger partial charge in [-0.05, 0) is 69.2 Å². The molecule has 0 saturated carbocycles. The van der Waals surface area contributed by atoms with Crippen molar-refractivity contribution in [3.63, 3.8) is 0 Å². The van der Waals surface area contributed by atoms with Crippen molar-refractivity contribution in [1.82, 2.24) is 14.9 Å². The minimum Gasteiger partial charge on any atom is -0.508 e. The average molecular weight is 581 g/mol. The van der Waals surface area contributed by atoms with E-state index in [1.807, 2.05) is 4.90 Å². The van der Waals surface area contributed by atoms with E-state index in [4.69, 9.17) is 9.15 Å². The van der Waals surface area contributed by atoms with Gasteiger partial charge >= 0.3 is 11.6 Å². The van der Waals surface area contributed by atoms with Gasteiger partial charge in [-0.2, -0.15) is 9.97 Å². The molecule has 2 aromatic heterocycles. The highest BCUT2D eigenvalue weighted by atomic mass is 19.1. The molecule has 42 heavy (non-hydrogen) atoms. The lowest BCUT2D eigenvalue weighted by atomic mass is 9.98. The number of rotatable bonds is 3. The lowest BCUT2D eigenvalue weighted by Gasteiger charge is -2.31. The van der Waals surface area contributed by atoms with Crippen LogP contribution in [0.3, 0.4) is 0 Å². The largest absolute Gasteiger partial charge is 0.508 e. The summed E-state index contributed by atoms with van der Waals surface area (Å²) in [6, 6.07) is 8.00. The third-order valence-corrected chi connectivity index (χ3v) is 8.46. The van der Waals surface area contributed by atoms with Crippen LogP contribution < -0.4 is 15.3 Å². The molecule has 3 aliphatic heterocycles. The Hall–Kier alpha value is -3.83. The topological polar surface area (TPSA) is 112 Å². The number of fused-ring (bicyclic) bond motifs is 3. The summed E-state index contributed by atoms with van der Waals surface area (Å²) in [6.45, 7) is 4.49. The van der Waals surface area contributed by atoms with Gasteiger partial charge in [0.2, 0.25) is 0 Å². The van der Waals surface area contributed by atoms with Crippen LogP contribution in [0, 0.1) is 12.7 Å². The second-order valence-corrected chi connectivity index (χ2v) is 11.3.